The predicted octanol–water partition coefficient (Wildman–Crippen LogP) is 2.63. The van der Waals surface area contributed by atoms with Gasteiger partial charge in [-0.25, -0.2) is 14.8 Å². The number of piperazine rings is 1. The maximum atomic E-state index is 13.0. The lowest BCUT2D eigenvalue weighted by Gasteiger charge is -2.32. The molecule has 1 saturated heterocycles. The summed E-state index contributed by atoms with van der Waals surface area (Å²) in [6.45, 7) is 8.34. The van der Waals surface area contributed by atoms with Gasteiger partial charge >= 0.3 is 6.03 Å². The fourth-order valence-electron chi connectivity index (χ4n) is 3.77. The Kier molecular flexibility index (Phi) is 6.83. The zero-order valence-corrected chi connectivity index (χ0v) is 20.5. The van der Waals surface area contributed by atoms with E-state index in [-0.39, 0.29) is 11.8 Å². The number of hydrogen-bond acceptors (Lipinski definition) is 6. The number of hydrogen-bond donors (Lipinski definition) is 3. The topological polar surface area (TPSA) is 123 Å². The summed E-state index contributed by atoms with van der Waals surface area (Å²) in [5.41, 5.74) is 2.56. The van der Waals surface area contributed by atoms with E-state index in [1.807, 2.05) is 23.2 Å². The molecule has 4 heterocycles. The first-order valence-electron chi connectivity index (χ1n) is 11.6. The first-order valence-corrected chi connectivity index (χ1v) is 11.6. The minimum Gasteiger partial charge on any atom is -0.346 e. The van der Waals surface area contributed by atoms with Gasteiger partial charge in [0.25, 0.3) is 5.91 Å². The number of fused-ring (bicyclic) bond motifs is 1. The van der Waals surface area contributed by atoms with E-state index in [0.717, 1.165) is 35.2 Å². The standard InChI is InChI=1S/C25H31N7O3/c1-25(2,3)23(34)30-24(35)29-20-6-5-16(13-26-20)11-17-14-27-21-19(17)12-18(15-28-21)22(33)32-9-7-31(4)8-10-32/h5-6,12-15H,7-11H2,1-4H3,(H,27,28)(H2,26,29,30,34,35). The van der Waals surface area contributed by atoms with Crippen molar-refractivity contribution in [1.82, 2.24) is 30.1 Å². The number of carbonyl (C=O) groups is 3. The molecule has 10 nitrogen and oxygen atoms in total. The predicted molar refractivity (Wildman–Crippen MR) is 133 cm³/mol. The van der Waals surface area contributed by atoms with Crippen molar-refractivity contribution in [3.63, 3.8) is 0 Å². The molecule has 0 bridgehead atoms. The maximum Gasteiger partial charge on any atom is 0.327 e. The van der Waals surface area contributed by atoms with Gasteiger partial charge in [-0.1, -0.05) is 26.8 Å². The molecule has 3 N–H and O–H groups in total. The molecular weight excluding hydrogens is 446 g/mol. The number of nitrogens with zero attached hydrogens (tertiary/aromatic N) is 4. The second-order valence-electron chi connectivity index (χ2n) is 9.92. The molecule has 4 rings (SSSR count). The number of urea groups is 1. The Morgan fingerprint density at radius 3 is 2.46 bits per heavy atom. The van der Waals surface area contributed by atoms with Crippen molar-refractivity contribution in [2.75, 3.05) is 38.5 Å². The summed E-state index contributed by atoms with van der Waals surface area (Å²) in [7, 11) is 2.06. The van der Waals surface area contributed by atoms with Gasteiger partial charge in [-0.2, -0.15) is 0 Å². The molecule has 0 aromatic carbocycles. The van der Waals surface area contributed by atoms with Gasteiger partial charge in [0.1, 0.15) is 11.5 Å². The molecular formula is C25H31N7O3. The third-order valence-electron chi connectivity index (χ3n) is 6.02. The van der Waals surface area contributed by atoms with E-state index in [2.05, 4.69) is 37.5 Å². The fourth-order valence-corrected chi connectivity index (χ4v) is 3.77. The van der Waals surface area contributed by atoms with Crippen LogP contribution in [0.4, 0.5) is 10.6 Å². The molecule has 0 aliphatic carbocycles. The molecule has 0 atom stereocenters. The van der Waals surface area contributed by atoms with E-state index in [0.29, 0.717) is 30.9 Å². The van der Waals surface area contributed by atoms with Gasteiger partial charge in [-0.05, 0) is 30.3 Å². The smallest absolute Gasteiger partial charge is 0.327 e. The summed E-state index contributed by atoms with van der Waals surface area (Å²) in [4.78, 5) is 53.0. The van der Waals surface area contributed by atoms with Crippen molar-refractivity contribution in [2.45, 2.75) is 27.2 Å². The first kappa shape index (κ1) is 24.3. The van der Waals surface area contributed by atoms with Crippen LogP contribution in [0.3, 0.4) is 0 Å². The molecule has 0 saturated carbocycles. The van der Waals surface area contributed by atoms with Gasteiger partial charge in [0, 0.05) is 62.0 Å². The molecule has 184 valence electrons. The Labute approximate surface area is 204 Å². The summed E-state index contributed by atoms with van der Waals surface area (Å²) < 4.78 is 0. The second-order valence-corrected chi connectivity index (χ2v) is 9.92. The van der Waals surface area contributed by atoms with Gasteiger partial charge in [0.05, 0.1) is 5.56 Å². The SMILES string of the molecule is CN1CCN(C(=O)c2cnc3[nH]cc(Cc4ccc(NC(=O)NC(=O)C(C)(C)C)nc4)c3c2)CC1. The van der Waals surface area contributed by atoms with E-state index in [4.69, 9.17) is 0 Å². The zero-order chi connectivity index (χ0) is 25.2. The first-order chi connectivity index (χ1) is 16.6. The van der Waals surface area contributed by atoms with E-state index in [1.165, 1.54) is 0 Å². The monoisotopic (exact) mass is 477 g/mol. The van der Waals surface area contributed by atoms with Crippen molar-refractivity contribution in [3.05, 3.63) is 53.5 Å². The molecule has 35 heavy (non-hydrogen) atoms. The average Bonchev–Trinajstić information content (AvgIpc) is 3.21. The van der Waals surface area contributed by atoms with Gasteiger partial charge in [-0.15, -0.1) is 0 Å². The number of imide groups is 1. The Morgan fingerprint density at radius 1 is 1.06 bits per heavy atom. The molecule has 0 unspecified atom stereocenters. The summed E-state index contributed by atoms with van der Waals surface area (Å²) in [6, 6.07) is 4.82. The number of nitrogens with one attached hydrogen (secondary N) is 3. The van der Waals surface area contributed by atoms with Crippen LogP contribution >= 0.6 is 0 Å². The third-order valence-corrected chi connectivity index (χ3v) is 6.02. The quantitative estimate of drug-likeness (QED) is 0.531. The summed E-state index contributed by atoms with van der Waals surface area (Å²) >= 11 is 0. The van der Waals surface area contributed by atoms with Crippen LogP contribution in [0.1, 0.15) is 42.3 Å². The highest BCUT2D eigenvalue weighted by Crippen LogP contribution is 2.22. The molecule has 3 aromatic rings. The number of rotatable bonds is 4. The van der Waals surface area contributed by atoms with Crippen LogP contribution in [0.15, 0.2) is 36.8 Å². The lowest BCUT2D eigenvalue weighted by atomic mass is 9.96. The van der Waals surface area contributed by atoms with Crippen LogP contribution in [-0.2, 0) is 11.2 Å². The van der Waals surface area contributed by atoms with E-state index in [1.54, 1.807) is 39.2 Å². The van der Waals surface area contributed by atoms with Gasteiger partial charge in [0.15, 0.2) is 0 Å². The van der Waals surface area contributed by atoms with Gasteiger partial charge in [-0.3, -0.25) is 20.2 Å². The van der Waals surface area contributed by atoms with Crippen LogP contribution in [0.25, 0.3) is 11.0 Å². The minimum atomic E-state index is -0.669. The number of pyridine rings is 2. The van der Waals surface area contributed by atoms with Crippen molar-refractivity contribution in [3.8, 4) is 0 Å². The van der Waals surface area contributed by atoms with Crippen molar-refractivity contribution in [2.24, 2.45) is 5.41 Å². The van der Waals surface area contributed by atoms with Crippen LogP contribution in [0.5, 0.6) is 0 Å². The highest BCUT2D eigenvalue weighted by molar-refractivity contribution is 6.02. The number of aromatic nitrogens is 3. The lowest BCUT2D eigenvalue weighted by Crippen LogP contribution is -2.47. The van der Waals surface area contributed by atoms with Crippen LogP contribution in [0.2, 0.25) is 0 Å². The molecule has 0 radical (unpaired) electrons. The number of likely N-dealkylation sites (N-methyl/N-ethyl adjacent to an activating group) is 1. The molecule has 1 aliphatic heterocycles. The number of amides is 4. The summed E-state index contributed by atoms with van der Waals surface area (Å²) in [5.74, 6) is -0.0291. The summed E-state index contributed by atoms with van der Waals surface area (Å²) in [6.07, 6.45) is 5.77. The van der Waals surface area contributed by atoms with E-state index >= 15 is 0 Å². The van der Waals surface area contributed by atoms with Crippen molar-refractivity contribution < 1.29 is 14.4 Å². The second kappa shape index (κ2) is 9.83. The largest absolute Gasteiger partial charge is 0.346 e. The van der Waals surface area contributed by atoms with Crippen molar-refractivity contribution >= 4 is 34.7 Å². The maximum absolute atomic E-state index is 13.0. The Morgan fingerprint density at radius 2 is 1.80 bits per heavy atom. The third kappa shape index (κ3) is 5.83. The van der Waals surface area contributed by atoms with Crippen molar-refractivity contribution in [1.29, 1.82) is 0 Å². The molecule has 10 heteroatoms. The highest BCUT2D eigenvalue weighted by Gasteiger charge is 2.23. The van der Waals surface area contributed by atoms with E-state index in [9.17, 15) is 14.4 Å². The zero-order valence-electron chi connectivity index (χ0n) is 20.5. The Balaban J connectivity index is 1.43. The molecule has 3 aromatic heterocycles. The van der Waals surface area contributed by atoms with Crippen LogP contribution in [0, 0.1) is 5.41 Å². The average molecular weight is 478 g/mol. The number of H-pyrrole nitrogens is 1. The number of aromatic amines is 1. The number of carbonyl (C=O) groups excluding carboxylic acids is 3. The Bertz CT molecular complexity index is 1240. The normalized spacial score (nSPS) is 14.7. The van der Waals surface area contributed by atoms with E-state index < -0.39 is 11.4 Å². The van der Waals surface area contributed by atoms with Crippen LogP contribution in [-0.4, -0.2) is 75.8 Å². The number of anilines is 1. The highest BCUT2D eigenvalue weighted by atomic mass is 16.2. The Hall–Kier alpha value is -3.79. The molecule has 4 amide bonds. The van der Waals surface area contributed by atoms with Crippen LogP contribution < -0.4 is 10.6 Å². The lowest BCUT2D eigenvalue weighted by molar-refractivity contribution is -0.127. The van der Waals surface area contributed by atoms with Gasteiger partial charge < -0.3 is 14.8 Å². The molecule has 0 spiro atoms. The fraction of sp³-hybridized carbons (Fsp3) is 0.400. The summed E-state index contributed by atoms with van der Waals surface area (Å²) in [5, 5.41) is 5.77. The molecule has 1 aliphatic rings. The van der Waals surface area contributed by atoms with Gasteiger partial charge in [0.2, 0.25) is 5.91 Å². The molecule has 1 fully saturated rings. The minimum absolute atomic E-state index is 0.0000345.